The number of nitrogens with two attached hydrogens (primary N) is 1. The van der Waals surface area contributed by atoms with Crippen LogP contribution in [0.5, 0.6) is 0 Å². The van der Waals surface area contributed by atoms with E-state index < -0.39 is 0 Å². The quantitative estimate of drug-likeness (QED) is 0.652. The lowest BCUT2D eigenvalue weighted by Crippen LogP contribution is -2.39. The average Bonchev–Trinajstić information content (AvgIpc) is 2.67. The molecule has 82 valence electrons. The van der Waals surface area contributed by atoms with Crippen LogP contribution in [0.25, 0.3) is 0 Å². The molecule has 0 aromatic carbocycles. The molecule has 4 heteroatoms. The average molecular weight is 199 g/mol. The maximum absolute atomic E-state index is 11.4. The van der Waals surface area contributed by atoms with Crippen molar-refractivity contribution >= 4 is 5.91 Å². The number of hydrogen-bond donors (Lipinski definition) is 2. The van der Waals surface area contributed by atoms with E-state index in [1.165, 1.54) is 12.8 Å². The summed E-state index contributed by atoms with van der Waals surface area (Å²) in [5, 5.41) is 2.86. The van der Waals surface area contributed by atoms with Gasteiger partial charge in [-0.15, -0.1) is 0 Å². The van der Waals surface area contributed by atoms with E-state index in [4.69, 9.17) is 5.73 Å². The lowest BCUT2D eigenvalue weighted by atomic mass is 10.3. The number of nitrogens with zero attached hydrogens (tertiary/aromatic N) is 1. The number of nitrogens with one attached hydrogen (secondary N) is 1. The van der Waals surface area contributed by atoms with Crippen LogP contribution in [0.4, 0.5) is 0 Å². The first-order valence-electron chi connectivity index (χ1n) is 5.44. The smallest absolute Gasteiger partial charge is 0.221 e. The molecule has 14 heavy (non-hydrogen) atoms. The third kappa shape index (κ3) is 4.07. The minimum absolute atomic E-state index is 0.0982. The highest BCUT2D eigenvalue weighted by Crippen LogP contribution is 2.07. The first kappa shape index (κ1) is 11.5. The Morgan fingerprint density at radius 3 is 2.71 bits per heavy atom. The standard InChI is InChI=1S/C10H21N3O/c1-9(8-11)12-10(14)4-7-13-5-2-3-6-13/h9H,2-8,11H2,1H3,(H,12,14). The van der Waals surface area contributed by atoms with Gasteiger partial charge in [0.15, 0.2) is 0 Å². The van der Waals surface area contributed by atoms with Crippen LogP contribution in [0.3, 0.4) is 0 Å². The van der Waals surface area contributed by atoms with Crippen molar-refractivity contribution in [2.45, 2.75) is 32.2 Å². The molecule has 0 bridgehead atoms. The van der Waals surface area contributed by atoms with Crippen molar-refractivity contribution in [1.29, 1.82) is 0 Å². The Hall–Kier alpha value is -0.610. The van der Waals surface area contributed by atoms with Crippen molar-refractivity contribution in [3.05, 3.63) is 0 Å². The molecule has 0 saturated carbocycles. The number of carbonyl (C=O) groups excluding carboxylic acids is 1. The molecule has 0 aromatic heterocycles. The van der Waals surface area contributed by atoms with Gasteiger partial charge >= 0.3 is 0 Å². The van der Waals surface area contributed by atoms with Gasteiger partial charge in [-0.25, -0.2) is 0 Å². The van der Waals surface area contributed by atoms with E-state index in [9.17, 15) is 4.79 Å². The number of likely N-dealkylation sites (tertiary alicyclic amines) is 1. The summed E-state index contributed by atoms with van der Waals surface area (Å²) in [7, 11) is 0. The van der Waals surface area contributed by atoms with Crippen LogP contribution in [0.1, 0.15) is 26.2 Å². The summed E-state index contributed by atoms with van der Waals surface area (Å²) in [5.74, 6) is 0.120. The van der Waals surface area contributed by atoms with Crippen LogP contribution in [-0.4, -0.2) is 43.0 Å². The van der Waals surface area contributed by atoms with E-state index in [1.54, 1.807) is 0 Å². The fourth-order valence-electron chi connectivity index (χ4n) is 1.67. The Labute approximate surface area is 85.8 Å². The monoisotopic (exact) mass is 199 g/mol. The van der Waals surface area contributed by atoms with Crippen LogP contribution >= 0.6 is 0 Å². The third-order valence-corrected chi connectivity index (χ3v) is 2.61. The predicted molar refractivity (Wildman–Crippen MR) is 57.0 cm³/mol. The second kappa shape index (κ2) is 5.98. The lowest BCUT2D eigenvalue weighted by Gasteiger charge is -2.15. The van der Waals surface area contributed by atoms with Crippen LogP contribution in [-0.2, 0) is 4.79 Å². The fourth-order valence-corrected chi connectivity index (χ4v) is 1.67. The summed E-state index contributed by atoms with van der Waals surface area (Å²) in [5.41, 5.74) is 5.41. The van der Waals surface area contributed by atoms with Gasteiger partial charge in [0, 0.05) is 25.6 Å². The number of amides is 1. The molecule has 1 unspecified atom stereocenters. The minimum Gasteiger partial charge on any atom is -0.352 e. The molecule has 1 saturated heterocycles. The molecule has 3 N–H and O–H groups in total. The first-order chi connectivity index (χ1) is 6.72. The van der Waals surface area contributed by atoms with E-state index in [0.29, 0.717) is 13.0 Å². The van der Waals surface area contributed by atoms with E-state index in [-0.39, 0.29) is 11.9 Å². The Kier molecular flexibility index (Phi) is 4.90. The van der Waals surface area contributed by atoms with Crippen molar-refractivity contribution in [1.82, 2.24) is 10.2 Å². The highest BCUT2D eigenvalue weighted by molar-refractivity contribution is 5.76. The van der Waals surface area contributed by atoms with Gasteiger partial charge < -0.3 is 16.0 Å². The van der Waals surface area contributed by atoms with Gasteiger partial charge in [-0.1, -0.05) is 0 Å². The van der Waals surface area contributed by atoms with Gasteiger partial charge in [0.05, 0.1) is 0 Å². The number of carbonyl (C=O) groups is 1. The van der Waals surface area contributed by atoms with Gasteiger partial charge in [-0.2, -0.15) is 0 Å². The highest BCUT2D eigenvalue weighted by atomic mass is 16.1. The Bertz CT molecular complexity index is 178. The summed E-state index contributed by atoms with van der Waals surface area (Å²) in [6.07, 6.45) is 3.16. The molecule has 1 aliphatic rings. The summed E-state index contributed by atoms with van der Waals surface area (Å²) >= 11 is 0. The number of hydrogen-bond acceptors (Lipinski definition) is 3. The summed E-state index contributed by atoms with van der Waals surface area (Å²) in [6, 6.07) is 0.0982. The second-order valence-corrected chi connectivity index (χ2v) is 4.00. The topological polar surface area (TPSA) is 58.4 Å². The minimum atomic E-state index is 0.0982. The summed E-state index contributed by atoms with van der Waals surface area (Å²) < 4.78 is 0. The van der Waals surface area contributed by atoms with Crippen molar-refractivity contribution < 1.29 is 4.79 Å². The molecule has 4 nitrogen and oxygen atoms in total. The predicted octanol–water partition coefficient (Wildman–Crippen LogP) is -0.0643. The SMILES string of the molecule is CC(CN)NC(=O)CCN1CCCC1. The summed E-state index contributed by atoms with van der Waals surface area (Å²) in [4.78, 5) is 13.7. The molecule has 0 spiro atoms. The van der Waals surface area contributed by atoms with E-state index in [1.807, 2.05) is 6.92 Å². The van der Waals surface area contributed by atoms with Gasteiger partial charge in [-0.05, 0) is 32.9 Å². The van der Waals surface area contributed by atoms with E-state index >= 15 is 0 Å². The zero-order valence-corrected chi connectivity index (χ0v) is 8.96. The van der Waals surface area contributed by atoms with E-state index in [0.717, 1.165) is 19.6 Å². The first-order valence-corrected chi connectivity index (χ1v) is 5.44. The van der Waals surface area contributed by atoms with Gasteiger partial charge in [-0.3, -0.25) is 4.79 Å². The molecule has 0 aliphatic carbocycles. The van der Waals surface area contributed by atoms with Crippen LogP contribution in [0.15, 0.2) is 0 Å². The third-order valence-electron chi connectivity index (χ3n) is 2.61. The van der Waals surface area contributed by atoms with Gasteiger partial charge in [0.2, 0.25) is 5.91 Å². The Morgan fingerprint density at radius 1 is 1.50 bits per heavy atom. The second-order valence-electron chi connectivity index (χ2n) is 4.00. The maximum atomic E-state index is 11.4. The molecule has 0 radical (unpaired) electrons. The zero-order valence-electron chi connectivity index (χ0n) is 8.96. The normalized spacial score (nSPS) is 19.6. The molecular weight excluding hydrogens is 178 g/mol. The Balaban J connectivity index is 2.08. The zero-order chi connectivity index (χ0) is 10.4. The van der Waals surface area contributed by atoms with Crippen molar-refractivity contribution in [2.75, 3.05) is 26.2 Å². The number of rotatable bonds is 5. The molecule has 0 aromatic rings. The van der Waals surface area contributed by atoms with E-state index in [2.05, 4.69) is 10.2 Å². The molecule has 1 aliphatic heterocycles. The van der Waals surface area contributed by atoms with Gasteiger partial charge in [0.1, 0.15) is 0 Å². The van der Waals surface area contributed by atoms with Crippen molar-refractivity contribution in [2.24, 2.45) is 5.73 Å². The fraction of sp³-hybridized carbons (Fsp3) is 0.900. The molecule has 1 amide bonds. The Morgan fingerprint density at radius 2 is 2.14 bits per heavy atom. The maximum Gasteiger partial charge on any atom is 0.221 e. The largest absolute Gasteiger partial charge is 0.352 e. The lowest BCUT2D eigenvalue weighted by molar-refractivity contribution is -0.121. The van der Waals surface area contributed by atoms with Crippen molar-refractivity contribution in [3.63, 3.8) is 0 Å². The molecule has 1 heterocycles. The van der Waals surface area contributed by atoms with Crippen LogP contribution < -0.4 is 11.1 Å². The molecule has 1 atom stereocenters. The van der Waals surface area contributed by atoms with Crippen LogP contribution in [0.2, 0.25) is 0 Å². The highest BCUT2D eigenvalue weighted by Gasteiger charge is 2.13. The van der Waals surface area contributed by atoms with Gasteiger partial charge in [0.25, 0.3) is 0 Å². The van der Waals surface area contributed by atoms with Crippen LogP contribution in [0, 0.1) is 0 Å². The molecule has 1 fully saturated rings. The van der Waals surface area contributed by atoms with Crippen molar-refractivity contribution in [3.8, 4) is 0 Å². The summed E-state index contributed by atoms with van der Waals surface area (Å²) in [6.45, 7) is 5.63. The molecule has 1 rings (SSSR count). The molecular formula is C10H21N3O.